The maximum Gasteiger partial charge on any atom is 0.244 e. The molecule has 88 valence electrons. The first-order chi connectivity index (χ1) is 8.25. The van der Waals surface area contributed by atoms with Gasteiger partial charge >= 0.3 is 0 Å². The summed E-state index contributed by atoms with van der Waals surface area (Å²) in [5.41, 5.74) is 0.967. The molecule has 1 N–H and O–H groups in total. The van der Waals surface area contributed by atoms with Crippen molar-refractivity contribution in [3.63, 3.8) is 0 Å². The molecule has 1 atom stereocenters. The van der Waals surface area contributed by atoms with Crippen LogP contribution in [0.15, 0.2) is 36.4 Å². The molecular weight excluding hydrogens is 234 g/mol. The van der Waals surface area contributed by atoms with E-state index < -0.39 is 0 Å². The summed E-state index contributed by atoms with van der Waals surface area (Å²) in [6, 6.07) is 9.27. The molecule has 1 amide bonds. The summed E-state index contributed by atoms with van der Waals surface area (Å²) in [6.07, 6.45) is 3.93. The third kappa shape index (κ3) is 3.46. The summed E-state index contributed by atoms with van der Waals surface area (Å²) >= 11 is 1.28. The smallest absolute Gasteiger partial charge is 0.244 e. The van der Waals surface area contributed by atoms with Crippen molar-refractivity contribution in [2.24, 2.45) is 0 Å². The fourth-order valence-corrected chi connectivity index (χ4v) is 2.52. The van der Waals surface area contributed by atoms with Crippen LogP contribution >= 0.6 is 11.8 Å². The normalized spacial score (nSPS) is 19.8. The molecule has 0 aliphatic carbocycles. The number of thioether (sulfide) groups is 1. The van der Waals surface area contributed by atoms with Crippen LogP contribution in [0.4, 0.5) is 0 Å². The fourth-order valence-electron chi connectivity index (χ4n) is 1.58. The van der Waals surface area contributed by atoms with E-state index in [1.807, 2.05) is 30.3 Å². The predicted molar refractivity (Wildman–Crippen MR) is 69.5 cm³/mol. The number of nitrogens with one attached hydrogen (secondary N) is 1. The van der Waals surface area contributed by atoms with Crippen LogP contribution in [0.1, 0.15) is 12.0 Å². The quantitative estimate of drug-likeness (QED) is 0.829. The third-order valence-electron chi connectivity index (χ3n) is 2.48. The van der Waals surface area contributed by atoms with E-state index in [9.17, 15) is 9.59 Å². The summed E-state index contributed by atoms with van der Waals surface area (Å²) in [6.45, 7) is 0. The highest BCUT2D eigenvalue weighted by Crippen LogP contribution is 2.19. The van der Waals surface area contributed by atoms with Crippen LogP contribution < -0.4 is 5.32 Å². The minimum Gasteiger partial charge on any atom is -0.342 e. The zero-order valence-electron chi connectivity index (χ0n) is 9.26. The van der Waals surface area contributed by atoms with Crippen molar-refractivity contribution in [1.82, 2.24) is 5.32 Å². The molecule has 2 rings (SSSR count). The first-order valence-electron chi connectivity index (χ1n) is 5.46. The van der Waals surface area contributed by atoms with Crippen molar-refractivity contribution in [1.29, 1.82) is 0 Å². The Morgan fingerprint density at radius 3 is 2.76 bits per heavy atom. The van der Waals surface area contributed by atoms with Crippen LogP contribution in [0.3, 0.4) is 0 Å². The highest BCUT2D eigenvalue weighted by molar-refractivity contribution is 8.14. The lowest BCUT2D eigenvalue weighted by Gasteiger charge is -2.06. The number of rotatable bonds is 3. The van der Waals surface area contributed by atoms with E-state index in [4.69, 9.17) is 0 Å². The molecule has 1 fully saturated rings. The maximum absolute atomic E-state index is 11.6. The van der Waals surface area contributed by atoms with Crippen molar-refractivity contribution < 1.29 is 9.59 Å². The van der Waals surface area contributed by atoms with Crippen molar-refractivity contribution in [2.75, 3.05) is 5.75 Å². The zero-order valence-corrected chi connectivity index (χ0v) is 10.1. The lowest BCUT2D eigenvalue weighted by Crippen LogP contribution is -2.35. The van der Waals surface area contributed by atoms with Gasteiger partial charge in [0.2, 0.25) is 11.0 Å². The molecule has 1 aromatic rings. The van der Waals surface area contributed by atoms with E-state index in [2.05, 4.69) is 5.32 Å². The Morgan fingerprint density at radius 2 is 2.12 bits per heavy atom. The van der Waals surface area contributed by atoms with E-state index in [1.165, 1.54) is 17.8 Å². The molecule has 0 aromatic heterocycles. The van der Waals surface area contributed by atoms with Gasteiger partial charge in [-0.05, 0) is 18.1 Å². The van der Waals surface area contributed by atoms with Gasteiger partial charge in [0.25, 0.3) is 0 Å². The average Bonchev–Trinajstić information content (AvgIpc) is 2.74. The predicted octanol–water partition coefficient (Wildman–Crippen LogP) is 1.85. The van der Waals surface area contributed by atoms with Crippen LogP contribution in [0, 0.1) is 0 Å². The van der Waals surface area contributed by atoms with Crippen LogP contribution in [0.5, 0.6) is 0 Å². The molecular formula is C13H13NO2S. The van der Waals surface area contributed by atoms with Crippen molar-refractivity contribution in [2.45, 2.75) is 12.5 Å². The lowest BCUT2D eigenvalue weighted by molar-refractivity contribution is -0.120. The molecule has 0 radical (unpaired) electrons. The number of benzene rings is 1. The Hall–Kier alpha value is -1.55. The molecule has 0 bridgehead atoms. The van der Waals surface area contributed by atoms with Crippen molar-refractivity contribution in [3.8, 4) is 0 Å². The molecule has 17 heavy (non-hydrogen) atoms. The Labute approximate surface area is 104 Å². The van der Waals surface area contributed by atoms with Gasteiger partial charge in [-0.25, -0.2) is 0 Å². The molecule has 1 saturated heterocycles. The van der Waals surface area contributed by atoms with Gasteiger partial charge < -0.3 is 5.32 Å². The summed E-state index contributed by atoms with van der Waals surface area (Å²) in [4.78, 5) is 22.9. The molecule has 1 aliphatic heterocycles. The number of amides is 1. The highest BCUT2D eigenvalue weighted by atomic mass is 32.2. The second-order valence-electron chi connectivity index (χ2n) is 3.76. The largest absolute Gasteiger partial charge is 0.342 e. The number of hydrogen-bond donors (Lipinski definition) is 1. The summed E-state index contributed by atoms with van der Waals surface area (Å²) in [7, 11) is 0. The SMILES string of the molecule is O=C(/C=C/c1ccccc1)NC1CCSC1=O. The molecule has 0 saturated carbocycles. The standard InChI is InChI=1S/C13H13NO2S/c15-12(14-11-8-9-17-13(11)16)7-6-10-4-2-1-3-5-10/h1-7,11H,8-9H2,(H,14,15)/b7-6+. The summed E-state index contributed by atoms with van der Waals surface area (Å²) in [5.74, 6) is 0.585. The van der Waals surface area contributed by atoms with Gasteiger partial charge in [-0.3, -0.25) is 9.59 Å². The monoisotopic (exact) mass is 247 g/mol. The van der Waals surface area contributed by atoms with Gasteiger partial charge in [-0.15, -0.1) is 0 Å². The molecule has 1 heterocycles. The third-order valence-corrected chi connectivity index (χ3v) is 3.49. The molecule has 1 aliphatic rings. The second kappa shape index (κ2) is 5.68. The maximum atomic E-state index is 11.6. The first kappa shape index (κ1) is 11.9. The number of carbonyl (C=O) groups is 2. The average molecular weight is 247 g/mol. The van der Waals surface area contributed by atoms with Gasteiger partial charge in [-0.1, -0.05) is 42.1 Å². The van der Waals surface area contributed by atoms with Gasteiger partial charge in [0, 0.05) is 11.8 Å². The van der Waals surface area contributed by atoms with Gasteiger partial charge in [0.05, 0.1) is 6.04 Å². The topological polar surface area (TPSA) is 46.2 Å². The van der Waals surface area contributed by atoms with Crippen molar-refractivity contribution >= 4 is 28.9 Å². The van der Waals surface area contributed by atoms with Crippen LogP contribution in [0.2, 0.25) is 0 Å². The van der Waals surface area contributed by atoms with Crippen molar-refractivity contribution in [3.05, 3.63) is 42.0 Å². The Morgan fingerprint density at radius 1 is 1.35 bits per heavy atom. The van der Waals surface area contributed by atoms with E-state index in [0.717, 1.165) is 17.7 Å². The molecule has 1 aromatic carbocycles. The van der Waals surface area contributed by atoms with Crippen LogP contribution in [-0.2, 0) is 9.59 Å². The van der Waals surface area contributed by atoms with Gasteiger partial charge in [0.1, 0.15) is 0 Å². The minimum atomic E-state index is -0.312. The summed E-state index contributed by atoms with van der Waals surface area (Å²) < 4.78 is 0. The van der Waals surface area contributed by atoms with Crippen LogP contribution in [0.25, 0.3) is 6.08 Å². The second-order valence-corrected chi connectivity index (χ2v) is 4.86. The van der Waals surface area contributed by atoms with E-state index in [0.29, 0.717) is 0 Å². The zero-order chi connectivity index (χ0) is 12.1. The minimum absolute atomic E-state index is 0.0615. The summed E-state index contributed by atoms with van der Waals surface area (Å²) in [5, 5.41) is 2.76. The highest BCUT2D eigenvalue weighted by Gasteiger charge is 2.25. The van der Waals surface area contributed by atoms with Gasteiger partial charge in [0.15, 0.2) is 0 Å². The van der Waals surface area contributed by atoms with E-state index in [1.54, 1.807) is 6.08 Å². The van der Waals surface area contributed by atoms with Crippen LogP contribution in [-0.4, -0.2) is 22.8 Å². The van der Waals surface area contributed by atoms with Gasteiger partial charge in [-0.2, -0.15) is 0 Å². The number of carbonyl (C=O) groups excluding carboxylic acids is 2. The lowest BCUT2D eigenvalue weighted by atomic mass is 10.2. The molecule has 0 spiro atoms. The molecule has 3 nitrogen and oxygen atoms in total. The van der Waals surface area contributed by atoms with E-state index in [-0.39, 0.29) is 17.1 Å². The fraction of sp³-hybridized carbons (Fsp3) is 0.231. The first-order valence-corrected chi connectivity index (χ1v) is 6.44. The molecule has 4 heteroatoms. The Balaban J connectivity index is 1.89. The molecule has 1 unspecified atom stereocenters. The Kier molecular flexibility index (Phi) is 3.98. The Bertz CT molecular complexity index is 442. The number of hydrogen-bond acceptors (Lipinski definition) is 3. The van der Waals surface area contributed by atoms with E-state index >= 15 is 0 Å².